The highest BCUT2D eigenvalue weighted by molar-refractivity contribution is 7.99. The first-order valence-corrected chi connectivity index (χ1v) is 7.85. The lowest BCUT2D eigenvalue weighted by molar-refractivity contribution is 0.595. The summed E-state index contributed by atoms with van der Waals surface area (Å²) in [6.45, 7) is 5.34. The Hall–Kier alpha value is -1.26. The van der Waals surface area contributed by atoms with Crippen LogP contribution in [0.2, 0.25) is 0 Å². The summed E-state index contributed by atoms with van der Waals surface area (Å²) in [4.78, 5) is 0. The highest BCUT2D eigenvalue weighted by Crippen LogP contribution is 2.10. The van der Waals surface area contributed by atoms with Crippen molar-refractivity contribution in [1.82, 2.24) is 15.1 Å². The van der Waals surface area contributed by atoms with Crippen LogP contribution in [-0.2, 0) is 6.54 Å². The molecule has 1 aromatic carbocycles. The van der Waals surface area contributed by atoms with E-state index >= 15 is 0 Å². The minimum absolute atomic E-state index is 0.540. The molecule has 102 valence electrons. The second-order valence-electron chi connectivity index (χ2n) is 4.56. The maximum atomic E-state index is 4.26. The van der Waals surface area contributed by atoms with E-state index in [9.17, 15) is 0 Å². The summed E-state index contributed by atoms with van der Waals surface area (Å²) in [7, 11) is 0. The maximum absolute atomic E-state index is 4.26. The monoisotopic (exact) mass is 275 g/mol. The van der Waals surface area contributed by atoms with Gasteiger partial charge in [-0.15, -0.1) is 0 Å². The van der Waals surface area contributed by atoms with E-state index in [4.69, 9.17) is 0 Å². The lowest BCUT2D eigenvalue weighted by Crippen LogP contribution is -2.27. The van der Waals surface area contributed by atoms with Gasteiger partial charge in [-0.2, -0.15) is 16.9 Å². The second kappa shape index (κ2) is 7.36. The van der Waals surface area contributed by atoms with Crippen molar-refractivity contribution in [2.45, 2.75) is 26.4 Å². The first-order chi connectivity index (χ1) is 9.29. The Morgan fingerprint density at radius 1 is 1.37 bits per heavy atom. The Kier molecular flexibility index (Phi) is 5.48. The number of nitrogens with zero attached hydrogens (tertiary/aromatic N) is 2. The molecule has 19 heavy (non-hydrogen) atoms. The Morgan fingerprint density at radius 2 is 2.26 bits per heavy atom. The van der Waals surface area contributed by atoms with Gasteiger partial charge in [-0.1, -0.05) is 19.1 Å². The van der Waals surface area contributed by atoms with Gasteiger partial charge in [0.05, 0.1) is 5.69 Å². The van der Waals surface area contributed by atoms with E-state index in [1.807, 2.05) is 28.7 Å². The molecule has 1 heterocycles. The zero-order valence-electron chi connectivity index (χ0n) is 11.5. The quantitative estimate of drug-likeness (QED) is 0.842. The van der Waals surface area contributed by atoms with Crippen molar-refractivity contribution in [3.8, 4) is 5.69 Å². The van der Waals surface area contributed by atoms with Crippen LogP contribution in [0, 0.1) is 0 Å². The lowest BCUT2D eigenvalue weighted by atomic mass is 10.2. The molecule has 1 unspecified atom stereocenters. The van der Waals surface area contributed by atoms with E-state index < -0.39 is 0 Å². The fourth-order valence-corrected chi connectivity index (χ4v) is 2.58. The number of benzene rings is 1. The number of hydrogen-bond donors (Lipinski definition) is 1. The number of rotatable bonds is 7. The molecule has 0 saturated heterocycles. The standard InChI is InChI=1S/C15H21N3S/c1-3-19-12-13(2)16-11-14-6-4-7-15(10-14)18-9-5-8-17-18/h4-10,13,16H,3,11-12H2,1-2H3. The van der Waals surface area contributed by atoms with Gasteiger partial charge in [0.15, 0.2) is 0 Å². The molecule has 0 fully saturated rings. The molecule has 1 atom stereocenters. The van der Waals surface area contributed by atoms with Crippen molar-refractivity contribution in [2.24, 2.45) is 0 Å². The maximum Gasteiger partial charge on any atom is 0.0648 e. The molecule has 3 nitrogen and oxygen atoms in total. The number of hydrogen-bond acceptors (Lipinski definition) is 3. The molecular weight excluding hydrogens is 254 g/mol. The molecule has 0 radical (unpaired) electrons. The zero-order valence-corrected chi connectivity index (χ0v) is 12.4. The summed E-state index contributed by atoms with van der Waals surface area (Å²) in [5.74, 6) is 2.34. The van der Waals surface area contributed by atoms with Crippen molar-refractivity contribution in [2.75, 3.05) is 11.5 Å². The van der Waals surface area contributed by atoms with Crippen LogP contribution in [0.5, 0.6) is 0 Å². The third-order valence-corrected chi connectivity index (χ3v) is 4.05. The molecule has 0 saturated carbocycles. The number of nitrogens with one attached hydrogen (secondary N) is 1. The predicted molar refractivity (Wildman–Crippen MR) is 82.9 cm³/mol. The molecule has 4 heteroatoms. The van der Waals surface area contributed by atoms with E-state index in [0.717, 1.165) is 18.0 Å². The SMILES string of the molecule is CCSCC(C)NCc1cccc(-n2cccn2)c1. The van der Waals surface area contributed by atoms with Crippen LogP contribution in [0.4, 0.5) is 0 Å². The Balaban J connectivity index is 1.92. The molecule has 0 aliphatic heterocycles. The Morgan fingerprint density at radius 3 is 3.00 bits per heavy atom. The fourth-order valence-electron chi connectivity index (χ4n) is 1.88. The van der Waals surface area contributed by atoms with Gasteiger partial charge < -0.3 is 5.32 Å². The largest absolute Gasteiger partial charge is 0.309 e. The molecular formula is C15H21N3S. The second-order valence-corrected chi connectivity index (χ2v) is 5.88. The average Bonchev–Trinajstić information content (AvgIpc) is 2.97. The summed E-state index contributed by atoms with van der Waals surface area (Å²) in [5, 5.41) is 7.81. The van der Waals surface area contributed by atoms with Gasteiger partial charge in [0, 0.05) is 30.7 Å². The highest BCUT2D eigenvalue weighted by Gasteiger charge is 2.02. The minimum atomic E-state index is 0.540. The van der Waals surface area contributed by atoms with Gasteiger partial charge in [-0.05, 0) is 36.4 Å². The van der Waals surface area contributed by atoms with Gasteiger partial charge in [-0.3, -0.25) is 0 Å². The van der Waals surface area contributed by atoms with E-state index in [1.54, 1.807) is 6.20 Å². The first-order valence-electron chi connectivity index (χ1n) is 6.69. The van der Waals surface area contributed by atoms with Crippen LogP contribution in [0.3, 0.4) is 0 Å². The van der Waals surface area contributed by atoms with Crippen molar-refractivity contribution in [1.29, 1.82) is 0 Å². The van der Waals surface area contributed by atoms with Crippen molar-refractivity contribution < 1.29 is 0 Å². The molecule has 0 bridgehead atoms. The molecule has 0 spiro atoms. The smallest absolute Gasteiger partial charge is 0.0648 e. The molecule has 0 aliphatic carbocycles. The average molecular weight is 275 g/mol. The summed E-state index contributed by atoms with van der Waals surface area (Å²) in [6.07, 6.45) is 3.77. The van der Waals surface area contributed by atoms with Gasteiger partial charge in [0.2, 0.25) is 0 Å². The third-order valence-electron chi connectivity index (χ3n) is 2.91. The molecule has 0 amide bonds. The normalized spacial score (nSPS) is 12.5. The molecule has 1 N–H and O–H groups in total. The van der Waals surface area contributed by atoms with E-state index in [0.29, 0.717) is 6.04 Å². The van der Waals surface area contributed by atoms with Crippen LogP contribution in [0.25, 0.3) is 5.69 Å². The molecule has 1 aromatic heterocycles. The molecule has 2 rings (SSSR count). The predicted octanol–water partition coefficient (Wildman–Crippen LogP) is 3.10. The van der Waals surface area contributed by atoms with E-state index in [1.165, 1.54) is 11.3 Å². The van der Waals surface area contributed by atoms with Crippen LogP contribution in [0.1, 0.15) is 19.4 Å². The Labute approximate surface area is 119 Å². The fraction of sp³-hybridized carbons (Fsp3) is 0.400. The molecule has 0 aliphatic rings. The topological polar surface area (TPSA) is 29.9 Å². The first kappa shape index (κ1) is 14.2. The zero-order chi connectivity index (χ0) is 13.5. The summed E-state index contributed by atoms with van der Waals surface area (Å²) in [6, 6.07) is 11.0. The van der Waals surface area contributed by atoms with Crippen LogP contribution in [-0.4, -0.2) is 27.3 Å². The van der Waals surface area contributed by atoms with Crippen molar-refractivity contribution in [3.63, 3.8) is 0 Å². The summed E-state index contributed by atoms with van der Waals surface area (Å²) < 4.78 is 1.89. The van der Waals surface area contributed by atoms with Gasteiger partial charge in [0.25, 0.3) is 0 Å². The summed E-state index contributed by atoms with van der Waals surface area (Å²) in [5.41, 5.74) is 2.40. The number of thioether (sulfide) groups is 1. The van der Waals surface area contributed by atoms with Crippen LogP contribution < -0.4 is 5.32 Å². The third kappa shape index (κ3) is 4.40. The van der Waals surface area contributed by atoms with Gasteiger partial charge >= 0.3 is 0 Å². The van der Waals surface area contributed by atoms with Gasteiger partial charge in [0.1, 0.15) is 0 Å². The number of aromatic nitrogens is 2. The van der Waals surface area contributed by atoms with E-state index in [-0.39, 0.29) is 0 Å². The van der Waals surface area contributed by atoms with Gasteiger partial charge in [-0.25, -0.2) is 4.68 Å². The van der Waals surface area contributed by atoms with Crippen LogP contribution >= 0.6 is 11.8 Å². The molecule has 2 aromatic rings. The van der Waals surface area contributed by atoms with Crippen molar-refractivity contribution >= 4 is 11.8 Å². The highest BCUT2D eigenvalue weighted by atomic mass is 32.2. The van der Waals surface area contributed by atoms with Crippen molar-refractivity contribution in [3.05, 3.63) is 48.3 Å². The lowest BCUT2D eigenvalue weighted by Gasteiger charge is -2.13. The summed E-state index contributed by atoms with van der Waals surface area (Å²) >= 11 is 1.98. The Bertz CT molecular complexity index is 482. The van der Waals surface area contributed by atoms with E-state index in [2.05, 4.69) is 48.5 Å². The van der Waals surface area contributed by atoms with Crippen LogP contribution in [0.15, 0.2) is 42.7 Å². The minimum Gasteiger partial charge on any atom is -0.309 e.